The van der Waals surface area contributed by atoms with Gasteiger partial charge in [0.2, 0.25) is 0 Å². The van der Waals surface area contributed by atoms with Crippen LogP contribution in [0.25, 0.3) is 0 Å². The number of anilines is 1. The van der Waals surface area contributed by atoms with Crippen molar-refractivity contribution in [2.45, 2.75) is 32.7 Å². The summed E-state index contributed by atoms with van der Waals surface area (Å²) in [6.07, 6.45) is 3.25. The smallest absolute Gasteiger partial charge is 0.260 e. The van der Waals surface area contributed by atoms with Gasteiger partial charge in [-0.1, -0.05) is 18.2 Å². The third kappa shape index (κ3) is 6.49. The Morgan fingerprint density at radius 3 is 2.44 bits per heavy atom. The average molecular weight is 496 g/mol. The minimum absolute atomic E-state index is 0.0176. The van der Waals surface area contributed by atoms with Gasteiger partial charge in [-0.25, -0.2) is 0 Å². The normalized spacial score (nSPS) is 15.9. The first-order valence-corrected chi connectivity index (χ1v) is 12.9. The number of rotatable bonds is 9. The molecule has 2 aliphatic heterocycles. The number of carbonyl (C=O) groups is 2. The second kappa shape index (κ2) is 12.6. The molecule has 0 radical (unpaired) electrons. The first-order valence-electron chi connectivity index (χ1n) is 12.9. The minimum atomic E-state index is -0.108. The first-order chi connectivity index (χ1) is 17.6. The highest BCUT2D eigenvalue weighted by Crippen LogP contribution is 2.30. The van der Waals surface area contributed by atoms with E-state index in [1.807, 2.05) is 24.0 Å². The van der Waals surface area contributed by atoms with Gasteiger partial charge < -0.3 is 28.9 Å². The molecule has 2 aliphatic rings. The highest BCUT2D eigenvalue weighted by Gasteiger charge is 2.21. The summed E-state index contributed by atoms with van der Waals surface area (Å²) < 4.78 is 17.1. The second-order valence-corrected chi connectivity index (χ2v) is 9.21. The van der Waals surface area contributed by atoms with Gasteiger partial charge in [0.25, 0.3) is 11.8 Å². The van der Waals surface area contributed by atoms with Crippen molar-refractivity contribution in [2.24, 2.45) is 0 Å². The van der Waals surface area contributed by atoms with Crippen molar-refractivity contribution in [3.63, 3.8) is 0 Å². The van der Waals surface area contributed by atoms with E-state index in [-0.39, 0.29) is 18.4 Å². The molecule has 36 heavy (non-hydrogen) atoms. The Labute approximate surface area is 213 Å². The van der Waals surface area contributed by atoms with Crippen LogP contribution in [0.2, 0.25) is 0 Å². The second-order valence-electron chi connectivity index (χ2n) is 9.21. The maximum absolute atomic E-state index is 13.3. The lowest BCUT2D eigenvalue weighted by molar-refractivity contribution is -0.134. The Balaban J connectivity index is 1.43. The summed E-state index contributed by atoms with van der Waals surface area (Å²) in [6, 6.07) is 13.4. The van der Waals surface area contributed by atoms with E-state index in [4.69, 9.17) is 14.2 Å². The van der Waals surface area contributed by atoms with Crippen LogP contribution >= 0.6 is 0 Å². The summed E-state index contributed by atoms with van der Waals surface area (Å²) in [6.45, 7) is 7.43. The molecule has 0 atom stereocenters. The van der Waals surface area contributed by atoms with Gasteiger partial charge in [0.1, 0.15) is 0 Å². The number of amides is 2. The number of para-hydroxylation sites is 1. The van der Waals surface area contributed by atoms with Gasteiger partial charge in [0, 0.05) is 51.0 Å². The number of likely N-dealkylation sites (tertiary alicyclic amines) is 1. The monoisotopic (exact) mass is 495 g/mol. The SMILES string of the molecule is CCOc1cc(C(=O)N(C)Cc2ccccc2N2CCOCC2)ccc1OCC(=O)N1CCCCC1. The standard InChI is InChI=1S/C28H37N3O5/c1-3-35-26-19-22(11-12-25(26)36-21-27(32)31-13-7-4-8-14-31)28(33)29(2)20-23-9-5-6-10-24(23)30-15-17-34-18-16-30/h5-6,9-12,19H,3-4,7-8,13-18,20-21H2,1-2H3. The highest BCUT2D eigenvalue weighted by molar-refractivity contribution is 5.94. The summed E-state index contributed by atoms with van der Waals surface area (Å²) in [5.41, 5.74) is 2.74. The zero-order chi connectivity index (χ0) is 25.3. The molecule has 4 rings (SSSR count). The van der Waals surface area contributed by atoms with E-state index >= 15 is 0 Å². The quantitative estimate of drug-likeness (QED) is 0.530. The predicted molar refractivity (Wildman–Crippen MR) is 139 cm³/mol. The summed E-state index contributed by atoms with van der Waals surface area (Å²) in [7, 11) is 1.81. The van der Waals surface area contributed by atoms with Crippen molar-refractivity contribution in [3.8, 4) is 11.5 Å². The largest absolute Gasteiger partial charge is 0.490 e. The van der Waals surface area contributed by atoms with Crippen LogP contribution in [0, 0.1) is 0 Å². The molecular formula is C28H37N3O5. The lowest BCUT2D eigenvalue weighted by atomic mass is 10.1. The van der Waals surface area contributed by atoms with Crippen molar-refractivity contribution in [3.05, 3.63) is 53.6 Å². The van der Waals surface area contributed by atoms with Gasteiger partial charge in [0.15, 0.2) is 18.1 Å². The zero-order valence-electron chi connectivity index (χ0n) is 21.4. The molecular weight excluding hydrogens is 458 g/mol. The number of carbonyl (C=O) groups excluding carboxylic acids is 2. The van der Waals surface area contributed by atoms with E-state index in [0.29, 0.717) is 43.4 Å². The van der Waals surface area contributed by atoms with Crippen molar-refractivity contribution < 1.29 is 23.8 Å². The summed E-state index contributed by atoms with van der Waals surface area (Å²) in [5, 5.41) is 0. The molecule has 0 bridgehead atoms. The molecule has 0 aliphatic carbocycles. The molecule has 0 saturated carbocycles. The van der Waals surface area contributed by atoms with Crippen LogP contribution in [-0.2, 0) is 16.1 Å². The molecule has 0 N–H and O–H groups in total. The van der Waals surface area contributed by atoms with Crippen LogP contribution in [-0.4, -0.2) is 81.3 Å². The number of nitrogens with zero attached hydrogens (tertiary/aromatic N) is 3. The molecule has 2 amide bonds. The van der Waals surface area contributed by atoms with Gasteiger partial charge in [0.05, 0.1) is 19.8 Å². The van der Waals surface area contributed by atoms with E-state index < -0.39 is 0 Å². The van der Waals surface area contributed by atoms with E-state index in [1.165, 1.54) is 6.42 Å². The molecule has 194 valence electrons. The Morgan fingerprint density at radius 2 is 1.69 bits per heavy atom. The molecule has 2 fully saturated rings. The lowest BCUT2D eigenvalue weighted by Gasteiger charge is -2.31. The topological polar surface area (TPSA) is 71.5 Å². The highest BCUT2D eigenvalue weighted by atomic mass is 16.5. The van der Waals surface area contributed by atoms with Crippen LogP contribution < -0.4 is 14.4 Å². The van der Waals surface area contributed by atoms with Crippen molar-refractivity contribution >= 4 is 17.5 Å². The molecule has 8 heteroatoms. The third-order valence-electron chi connectivity index (χ3n) is 6.65. The van der Waals surface area contributed by atoms with Crippen molar-refractivity contribution in [2.75, 3.05) is 64.6 Å². The number of morpholine rings is 1. The van der Waals surface area contributed by atoms with Crippen molar-refractivity contribution in [1.29, 1.82) is 0 Å². The van der Waals surface area contributed by atoms with Crippen LogP contribution in [0.4, 0.5) is 5.69 Å². The molecule has 2 heterocycles. The fourth-order valence-corrected chi connectivity index (χ4v) is 4.71. The fraction of sp³-hybridized carbons (Fsp3) is 0.500. The molecule has 8 nitrogen and oxygen atoms in total. The van der Waals surface area contributed by atoms with E-state index in [9.17, 15) is 9.59 Å². The number of hydrogen-bond acceptors (Lipinski definition) is 6. The van der Waals surface area contributed by atoms with Gasteiger partial charge in [-0.2, -0.15) is 0 Å². The van der Waals surface area contributed by atoms with Crippen LogP contribution in [0.1, 0.15) is 42.1 Å². The number of ether oxygens (including phenoxy) is 3. The molecule has 2 saturated heterocycles. The van der Waals surface area contributed by atoms with Gasteiger partial charge in [-0.05, 0) is 56.0 Å². The van der Waals surface area contributed by atoms with Crippen LogP contribution in [0.5, 0.6) is 11.5 Å². The maximum atomic E-state index is 13.3. The van der Waals surface area contributed by atoms with Crippen LogP contribution in [0.3, 0.4) is 0 Å². The summed E-state index contributed by atoms with van der Waals surface area (Å²) >= 11 is 0. The summed E-state index contributed by atoms with van der Waals surface area (Å²) in [4.78, 5) is 31.7. The fourth-order valence-electron chi connectivity index (χ4n) is 4.71. The number of hydrogen-bond donors (Lipinski definition) is 0. The van der Waals surface area contributed by atoms with E-state index in [1.54, 1.807) is 30.1 Å². The Morgan fingerprint density at radius 1 is 0.944 bits per heavy atom. The maximum Gasteiger partial charge on any atom is 0.260 e. The van der Waals surface area contributed by atoms with E-state index in [2.05, 4.69) is 17.0 Å². The lowest BCUT2D eigenvalue weighted by Crippen LogP contribution is -2.38. The van der Waals surface area contributed by atoms with Crippen molar-refractivity contribution in [1.82, 2.24) is 9.80 Å². The zero-order valence-corrected chi connectivity index (χ0v) is 21.4. The Bertz CT molecular complexity index is 1030. The Hall–Kier alpha value is -3.26. The van der Waals surface area contributed by atoms with E-state index in [0.717, 1.165) is 50.3 Å². The molecule has 0 aromatic heterocycles. The third-order valence-corrected chi connectivity index (χ3v) is 6.65. The molecule has 0 unspecified atom stereocenters. The average Bonchev–Trinajstić information content (AvgIpc) is 2.93. The molecule has 2 aromatic rings. The first kappa shape index (κ1) is 25.8. The summed E-state index contributed by atoms with van der Waals surface area (Å²) in [5.74, 6) is 0.815. The van der Waals surface area contributed by atoms with Gasteiger partial charge in [-0.15, -0.1) is 0 Å². The minimum Gasteiger partial charge on any atom is -0.490 e. The number of benzene rings is 2. The van der Waals surface area contributed by atoms with Crippen LogP contribution in [0.15, 0.2) is 42.5 Å². The predicted octanol–water partition coefficient (Wildman–Crippen LogP) is 3.59. The number of piperidine rings is 1. The molecule has 2 aromatic carbocycles. The molecule has 0 spiro atoms. The Kier molecular flexibility index (Phi) is 9.06. The van der Waals surface area contributed by atoms with Gasteiger partial charge in [-0.3, -0.25) is 9.59 Å². The van der Waals surface area contributed by atoms with Gasteiger partial charge >= 0.3 is 0 Å².